The van der Waals surface area contributed by atoms with E-state index in [-0.39, 0.29) is 5.91 Å². The molecule has 1 amide bonds. The molecule has 2 rings (SSSR count). The Kier molecular flexibility index (Phi) is 3.75. The van der Waals surface area contributed by atoms with Gasteiger partial charge in [0, 0.05) is 29.7 Å². The molecule has 0 fully saturated rings. The number of amides is 1. The van der Waals surface area contributed by atoms with Gasteiger partial charge in [0.05, 0.1) is 0 Å². The molecule has 5 heteroatoms. The number of nitrogens with zero attached hydrogens (tertiary/aromatic N) is 2. The Morgan fingerprint density at radius 2 is 1.79 bits per heavy atom. The molecule has 98 valence electrons. The number of carbonyl (C=O) groups excluding carboxylic acids is 1. The van der Waals surface area contributed by atoms with Crippen molar-refractivity contribution >= 4 is 17.5 Å². The number of rotatable bonds is 3. The molecule has 1 heterocycles. The lowest BCUT2D eigenvalue weighted by Crippen LogP contribution is -2.17. The van der Waals surface area contributed by atoms with E-state index in [0.29, 0.717) is 11.5 Å². The molecule has 0 saturated carbocycles. The maximum absolute atomic E-state index is 11.6. The van der Waals surface area contributed by atoms with Gasteiger partial charge < -0.3 is 10.6 Å². The van der Waals surface area contributed by atoms with Crippen LogP contribution in [0.4, 0.5) is 11.6 Å². The van der Waals surface area contributed by atoms with Crippen molar-refractivity contribution in [2.75, 3.05) is 12.4 Å². The summed E-state index contributed by atoms with van der Waals surface area (Å²) in [6.45, 7) is 3.83. The van der Waals surface area contributed by atoms with Gasteiger partial charge in [-0.15, -0.1) is 0 Å². The molecule has 19 heavy (non-hydrogen) atoms. The lowest BCUT2D eigenvalue weighted by Gasteiger charge is -2.08. The zero-order chi connectivity index (χ0) is 13.8. The second-order valence-corrected chi connectivity index (χ2v) is 4.26. The standard InChI is InChI=1S/C14H16N4O/c1-9-7-10(2)17-14(16-9)18-12-6-4-5-11(8-12)13(19)15-3/h4-8H,1-3H3,(H,15,19)(H,16,17,18). The summed E-state index contributed by atoms with van der Waals surface area (Å²) >= 11 is 0. The number of anilines is 2. The lowest BCUT2D eigenvalue weighted by atomic mass is 10.2. The van der Waals surface area contributed by atoms with Crippen LogP contribution in [0.1, 0.15) is 21.7 Å². The van der Waals surface area contributed by atoms with Crippen molar-refractivity contribution in [3.8, 4) is 0 Å². The second-order valence-electron chi connectivity index (χ2n) is 4.26. The predicted molar refractivity (Wildman–Crippen MR) is 74.6 cm³/mol. The largest absolute Gasteiger partial charge is 0.355 e. The number of aromatic nitrogens is 2. The van der Waals surface area contributed by atoms with Crippen molar-refractivity contribution in [3.05, 3.63) is 47.3 Å². The van der Waals surface area contributed by atoms with Crippen molar-refractivity contribution in [3.63, 3.8) is 0 Å². The van der Waals surface area contributed by atoms with E-state index in [4.69, 9.17) is 0 Å². The number of aryl methyl sites for hydroxylation is 2. The number of nitrogens with one attached hydrogen (secondary N) is 2. The Morgan fingerprint density at radius 3 is 2.42 bits per heavy atom. The van der Waals surface area contributed by atoms with Crippen molar-refractivity contribution in [2.45, 2.75) is 13.8 Å². The Hall–Kier alpha value is -2.43. The van der Waals surface area contributed by atoms with E-state index < -0.39 is 0 Å². The molecule has 1 aromatic carbocycles. The normalized spacial score (nSPS) is 10.1. The first-order valence-electron chi connectivity index (χ1n) is 6.00. The molecule has 0 aliphatic heterocycles. The van der Waals surface area contributed by atoms with Gasteiger partial charge in [-0.1, -0.05) is 6.07 Å². The van der Waals surface area contributed by atoms with Crippen molar-refractivity contribution < 1.29 is 4.79 Å². The van der Waals surface area contributed by atoms with E-state index in [0.717, 1.165) is 17.1 Å². The summed E-state index contributed by atoms with van der Waals surface area (Å²) in [4.78, 5) is 20.2. The van der Waals surface area contributed by atoms with Crippen LogP contribution in [-0.4, -0.2) is 22.9 Å². The van der Waals surface area contributed by atoms with Crippen LogP contribution in [0.25, 0.3) is 0 Å². The molecule has 0 atom stereocenters. The van der Waals surface area contributed by atoms with Crippen molar-refractivity contribution in [1.29, 1.82) is 0 Å². The first-order valence-corrected chi connectivity index (χ1v) is 6.00. The molecule has 0 bridgehead atoms. The number of hydrogen-bond acceptors (Lipinski definition) is 4. The summed E-state index contributed by atoms with van der Waals surface area (Å²) in [6, 6.07) is 9.11. The molecule has 0 aliphatic carbocycles. The fourth-order valence-electron chi connectivity index (χ4n) is 1.79. The third kappa shape index (κ3) is 3.28. The number of benzene rings is 1. The lowest BCUT2D eigenvalue weighted by molar-refractivity contribution is 0.0963. The Labute approximate surface area is 112 Å². The van der Waals surface area contributed by atoms with E-state index in [1.165, 1.54) is 0 Å². The zero-order valence-electron chi connectivity index (χ0n) is 11.2. The predicted octanol–water partition coefficient (Wildman–Crippen LogP) is 2.20. The molecule has 0 saturated heterocycles. The Bertz CT molecular complexity index is 590. The third-order valence-electron chi connectivity index (χ3n) is 2.59. The number of hydrogen-bond donors (Lipinski definition) is 2. The number of carbonyl (C=O) groups is 1. The Morgan fingerprint density at radius 1 is 1.11 bits per heavy atom. The summed E-state index contributed by atoms with van der Waals surface area (Å²) in [5, 5.41) is 5.70. The minimum Gasteiger partial charge on any atom is -0.355 e. The quantitative estimate of drug-likeness (QED) is 0.883. The fraction of sp³-hybridized carbons (Fsp3) is 0.214. The van der Waals surface area contributed by atoms with E-state index >= 15 is 0 Å². The summed E-state index contributed by atoms with van der Waals surface area (Å²) in [6.07, 6.45) is 0. The Balaban J connectivity index is 2.25. The molecule has 0 spiro atoms. The minimum atomic E-state index is -0.120. The highest BCUT2D eigenvalue weighted by molar-refractivity contribution is 5.95. The van der Waals surface area contributed by atoms with Gasteiger partial charge >= 0.3 is 0 Å². The van der Waals surface area contributed by atoms with Gasteiger partial charge in [-0.05, 0) is 38.1 Å². The molecular formula is C14H16N4O. The molecule has 1 aromatic heterocycles. The van der Waals surface area contributed by atoms with Gasteiger partial charge in [-0.2, -0.15) is 0 Å². The van der Waals surface area contributed by atoms with Crippen LogP contribution in [0, 0.1) is 13.8 Å². The van der Waals surface area contributed by atoms with E-state index in [1.807, 2.05) is 32.0 Å². The van der Waals surface area contributed by atoms with E-state index in [9.17, 15) is 4.79 Å². The molecule has 0 radical (unpaired) electrons. The molecular weight excluding hydrogens is 240 g/mol. The first kappa shape index (κ1) is 13.0. The SMILES string of the molecule is CNC(=O)c1cccc(Nc2nc(C)cc(C)n2)c1. The highest BCUT2D eigenvalue weighted by atomic mass is 16.1. The molecule has 0 unspecified atom stereocenters. The van der Waals surface area contributed by atoms with Crippen molar-refractivity contribution in [1.82, 2.24) is 15.3 Å². The van der Waals surface area contributed by atoms with Crippen LogP contribution >= 0.6 is 0 Å². The molecule has 2 aromatic rings. The second kappa shape index (κ2) is 5.48. The first-order chi connectivity index (χ1) is 9.08. The maximum Gasteiger partial charge on any atom is 0.251 e. The average Bonchev–Trinajstić information content (AvgIpc) is 2.37. The van der Waals surface area contributed by atoms with Gasteiger partial charge in [0.25, 0.3) is 5.91 Å². The van der Waals surface area contributed by atoms with Gasteiger partial charge in [0.1, 0.15) is 0 Å². The maximum atomic E-state index is 11.6. The average molecular weight is 256 g/mol. The van der Waals surface area contributed by atoms with Gasteiger partial charge in [-0.3, -0.25) is 4.79 Å². The minimum absolute atomic E-state index is 0.120. The summed E-state index contributed by atoms with van der Waals surface area (Å²) in [7, 11) is 1.61. The summed E-state index contributed by atoms with van der Waals surface area (Å²) in [5.41, 5.74) is 3.18. The summed E-state index contributed by atoms with van der Waals surface area (Å²) in [5.74, 6) is 0.413. The topological polar surface area (TPSA) is 66.9 Å². The van der Waals surface area contributed by atoms with Gasteiger partial charge in [0.15, 0.2) is 0 Å². The van der Waals surface area contributed by atoms with Crippen molar-refractivity contribution in [2.24, 2.45) is 0 Å². The van der Waals surface area contributed by atoms with Gasteiger partial charge in [-0.25, -0.2) is 9.97 Å². The smallest absolute Gasteiger partial charge is 0.251 e. The van der Waals surface area contributed by atoms with E-state index in [1.54, 1.807) is 19.2 Å². The van der Waals surface area contributed by atoms with Gasteiger partial charge in [0.2, 0.25) is 5.95 Å². The fourth-order valence-corrected chi connectivity index (χ4v) is 1.79. The van der Waals surface area contributed by atoms with Crippen LogP contribution < -0.4 is 10.6 Å². The highest BCUT2D eigenvalue weighted by Gasteiger charge is 2.05. The van der Waals surface area contributed by atoms with Crippen LogP contribution in [0.5, 0.6) is 0 Å². The van der Waals surface area contributed by atoms with Crippen LogP contribution in [0.3, 0.4) is 0 Å². The molecule has 0 aliphatic rings. The zero-order valence-corrected chi connectivity index (χ0v) is 11.2. The molecule has 5 nitrogen and oxygen atoms in total. The summed E-state index contributed by atoms with van der Waals surface area (Å²) < 4.78 is 0. The third-order valence-corrected chi connectivity index (χ3v) is 2.59. The monoisotopic (exact) mass is 256 g/mol. The van der Waals surface area contributed by atoms with Crippen LogP contribution in [0.2, 0.25) is 0 Å². The van der Waals surface area contributed by atoms with E-state index in [2.05, 4.69) is 20.6 Å². The molecule has 2 N–H and O–H groups in total. The highest BCUT2D eigenvalue weighted by Crippen LogP contribution is 2.15. The van der Waals surface area contributed by atoms with Crippen LogP contribution in [-0.2, 0) is 0 Å². The van der Waals surface area contributed by atoms with Crippen LogP contribution in [0.15, 0.2) is 30.3 Å².